The molecule has 0 atom stereocenters. The van der Waals surface area contributed by atoms with E-state index < -0.39 is 0 Å². The fraction of sp³-hybridized carbons (Fsp3) is 0.571. The predicted molar refractivity (Wildman–Crippen MR) is 68.4 cm³/mol. The molecule has 0 aliphatic carbocycles. The lowest BCUT2D eigenvalue weighted by Crippen LogP contribution is -1.87. The molecule has 0 saturated carbocycles. The predicted octanol–water partition coefficient (Wildman–Crippen LogP) is 4.47. The maximum Gasteiger partial charge on any atom is 0.106 e. The van der Waals surface area contributed by atoms with E-state index in [1.807, 2.05) is 12.1 Å². The lowest BCUT2D eigenvalue weighted by atomic mass is 10.0. The highest BCUT2D eigenvalue weighted by Crippen LogP contribution is 2.10. The second-order valence-corrected chi connectivity index (χ2v) is 4.27. The van der Waals surface area contributed by atoms with Crippen LogP contribution in [-0.4, -0.2) is 0 Å². The molecule has 0 bridgehead atoms. The molecule has 0 aromatic heterocycles. The number of hydrogen-bond acceptors (Lipinski definition) is 2. The molecule has 88 valence electrons. The summed E-state index contributed by atoms with van der Waals surface area (Å²) in [4.78, 5) is 10.1. The SMILES string of the molecule is CCCCCCCc1ccc(CN=O)cc1. The summed E-state index contributed by atoms with van der Waals surface area (Å²) in [6.45, 7) is 2.52. The third-order valence-electron chi connectivity index (χ3n) is 2.84. The van der Waals surface area contributed by atoms with Gasteiger partial charge in [-0.3, -0.25) is 0 Å². The molecule has 2 heteroatoms. The van der Waals surface area contributed by atoms with Crippen molar-refractivity contribution in [1.29, 1.82) is 0 Å². The average Bonchev–Trinajstić information content (AvgIpc) is 2.31. The summed E-state index contributed by atoms with van der Waals surface area (Å²) in [7, 11) is 0. The van der Waals surface area contributed by atoms with Crippen molar-refractivity contribution >= 4 is 0 Å². The lowest BCUT2D eigenvalue weighted by Gasteiger charge is -2.02. The minimum Gasteiger partial charge on any atom is -0.150 e. The van der Waals surface area contributed by atoms with Crippen molar-refractivity contribution < 1.29 is 0 Å². The maximum atomic E-state index is 10.1. The van der Waals surface area contributed by atoms with Crippen LogP contribution in [-0.2, 0) is 13.0 Å². The Morgan fingerprint density at radius 1 is 0.938 bits per heavy atom. The summed E-state index contributed by atoms with van der Waals surface area (Å²) in [6.07, 6.45) is 7.75. The monoisotopic (exact) mass is 219 g/mol. The van der Waals surface area contributed by atoms with Gasteiger partial charge in [0.05, 0.1) is 0 Å². The largest absolute Gasteiger partial charge is 0.150 e. The summed E-state index contributed by atoms with van der Waals surface area (Å²) in [5.74, 6) is 0. The molecule has 0 unspecified atom stereocenters. The van der Waals surface area contributed by atoms with Gasteiger partial charge in [-0.15, -0.1) is 0 Å². The van der Waals surface area contributed by atoms with Crippen molar-refractivity contribution in [3.8, 4) is 0 Å². The molecule has 0 amide bonds. The first kappa shape index (κ1) is 12.9. The summed E-state index contributed by atoms with van der Waals surface area (Å²) in [5, 5.41) is 2.88. The molecule has 1 rings (SSSR count). The highest BCUT2D eigenvalue weighted by atomic mass is 16.3. The van der Waals surface area contributed by atoms with Crippen LogP contribution in [0.1, 0.15) is 50.2 Å². The van der Waals surface area contributed by atoms with Crippen molar-refractivity contribution in [2.24, 2.45) is 5.18 Å². The van der Waals surface area contributed by atoms with Gasteiger partial charge >= 0.3 is 0 Å². The molecule has 0 aliphatic rings. The van der Waals surface area contributed by atoms with E-state index in [9.17, 15) is 4.91 Å². The van der Waals surface area contributed by atoms with Crippen molar-refractivity contribution in [2.45, 2.75) is 52.0 Å². The molecule has 0 heterocycles. The Morgan fingerprint density at radius 2 is 1.56 bits per heavy atom. The maximum absolute atomic E-state index is 10.1. The molecular formula is C14H21NO. The summed E-state index contributed by atoms with van der Waals surface area (Å²) >= 11 is 0. The Labute approximate surface area is 98.0 Å². The molecule has 2 nitrogen and oxygen atoms in total. The number of benzene rings is 1. The quantitative estimate of drug-likeness (QED) is 0.468. The second kappa shape index (κ2) is 8.03. The minimum absolute atomic E-state index is 0.288. The fourth-order valence-corrected chi connectivity index (χ4v) is 1.82. The van der Waals surface area contributed by atoms with Crippen LogP contribution in [0.5, 0.6) is 0 Å². The van der Waals surface area contributed by atoms with Crippen LogP contribution >= 0.6 is 0 Å². The standard InChI is InChI=1S/C14H21NO/c1-2-3-4-5-6-7-13-8-10-14(11-9-13)12-15-16/h8-11H,2-7,12H2,1H3. The van der Waals surface area contributed by atoms with Crippen LogP contribution in [0, 0.1) is 4.91 Å². The van der Waals surface area contributed by atoms with Gasteiger partial charge in [-0.1, -0.05) is 62.0 Å². The molecule has 0 saturated heterocycles. The van der Waals surface area contributed by atoms with Gasteiger partial charge in [-0.25, -0.2) is 0 Å². The van der Waals surface area contributed by atoms with Crippen LogP contribution in [0.3, 0.4) is 0 Å². The Morgan fingerprint density at radius 3 is 2.19 bits per heavy atom. The van der Waals surface area contributed by atoms with E-state index in [0.29, 0.717) is 0 Å². The number of nitroso groups, excluding NO2 is 1. The van der Waals surface area contributed by atoms with Crippen LogP contribution in [0.25, 0.3) is 0 Å². The molecular weight excluding hydrogens is 198 g/mol. The van der Waals surface area contributed by atoms with Gasteiger partial charge in [-0.05, 0) is 24.0 Å². The van der Waals surface area contributed by atoms with Gasteiger partial charge in [0.1, 0.15) is 6.54 Å². The summed E-state index contributed by atoms with van der Waals surface area (Å²) in [5.41, 5.74) is 2.37. The van der Waals surface area contributed by atoms with E-state index in [4.69, 9.17) is 0 Å². The van der Waals surface area contributed by atoms with Gasteiger partial charge in [-0.2, -0.15) is 4.91 Å². The van der Waals surface area contributed by atoms with Crippen LogP contribution in [0.2, 0.25) is 0 Å². The Bertz CT molecular complexity index is 292. The molecule has 0 N–H and O–H groups in total. The number of aryl methyl sites for hydroxylation is 1. The van der Waals surface area contributed by atoms with Crippen LogP contribution in [0.4, 0.5) is 0 Å². The summed E-state index contributed by atoms with van der Waals surface area (Å²) < 4.78 is 0. The van der Waals surface area contributed by atoms with Gasteiger partial charge in [0.2, 0.25) is 0 Å². The number of rotatable bonds is 8. The smallest absolute Gasteiger partial charge is 0.106 e. The normalized spacial score (nSPS) is 10.3. The lowest BCUT2D eigenvalue weighted by molar-refractivity contribution is 0.632. The van der Waals surface area contributed by atoms with Crippen molar-refractivity contribution in [3.63, 3.8) is 0 Å². The van der Waals surface area contributed by atoms with E-state index in [1.165, 1.54) is 37.7 Å². The van der Waals surface area contributed by atoms with E-state index in [-0.39, 0.29) is 6.54 Å². The number of hydrogen-bond donors (Lipinski definition) is 0. The zero-order valence-electron chi connectivity index (χ0n) is 10.1. The zero-order chi connectivity index (χ0) is 11.6. The zero-order valence-corrected chi connectivity index (χ0v) is 10.1. The second-order valence-electron chi connectivity index (χ2n) is 4.27. The molecule has 1 aromatic rings. The molecule has 0 fully saturated rings. The third-order valence-corrected chi connectivity index (χ3v) is 2.84. The van der Waals surface area contributed by atoms with Gasteiger partial charge in [0.15, 0.2) is 0 Å². The van der Waals surface area contributed by atoms with E-state index in [1.54, 1.807) is 0 Å². The first-order valence-electron chi connectivity index (χ1n) is 6.23. The molecule has 0 aliphatic heterocycles. The van der Waals surface area contributed by atoms with Crippen molar-refractivity contribution in [1.82, 2.24) is 0 Å². The highest BCUT2D eigenvalue weighted by Gasteiger charge is 1.95. The highest BCUT2D eigenvalue weighted by molar-refractivity contribution is 5.22. The topological polar surface area (TPSA) is 29.4 Å². The average molecular weight is 219 g/mol. The van der Waals surface area contributed by atoms with Gasteiger partial charge < -0.3 is 0 Å². The van der Waals surface area contributed by atoms with Crippen LogP contribution < -0.4 is 0 Å². The fourth-order valence-electron chi connectivity index (χ4n) is 1.82. The first-order valence-corrected chi connectivity index (χ1v) is 6.23. The van der Waals surface area contributed by atoms with E-state index >= 15 is 0 Å². The van der Waals surface area contributed by atoms with Gasteiger partial charge in [0.25, 0.3) is 0 Å². The van der Waals surface area contributed by atoms with Crippen molar-refractivity contribution in [2.75, 3.05) is 0 Å². The minimum atomic E-state index is 0.288. The molecule has 16 heavy (non-hydrogen) atoms. The molecule has 0 radical (unpaired) electrons. The third kappa shape index (κ3) is 5.06. The number of nitrogens with zero attached hydrogens (tertiary/aromatic N) is 1. The number of unbranched alkanes of at least 4 members (excludes halogenated alkanes) is 4. The van der Waals surface area contributed by atoms with E-state index in [2.05, 4.69) is 24.2 Å². The Kier molecular flexibility index (Phi) is 6.47. The molecule has 1 aromatic carbocycles. The van der Waals surface area contributed by atoms with Crippen molar-refractivity contribution in [3.05, 3.63) is 40.3 Å². The Hall–Kier alpha value is -1.18. The van der Waals surface area contributed by atoms with Gasteiger partial charge in [0, 0.05) is 0 Å². The van der Waals surface area contributed by atoms with E-state index in [0.717, 1.165) is 12.0 Å². The molecule has 0 spiro atoms. The van der Waals surface area contributed by atoms with Crippen LogP contribution in [0.15, 0.2) is 29.4 Å². The first-order chi connectivity index (χ1) is 7.86. The summed E-state index contributed by atoms with van der Waals surface area (Å²) in [6, 6.07) is 8.23. The Balaban J connectivity index is 2.23.